The van der Waals surface area contributed by atoms with E-state index in [1.54, 1.807) is 23.5 Å². The summed E-state index contributed by atoms with van der Waals surface area (Å²) >= 11 is 2.96. The molecule has 2 N–H and O–H groups in total. The number of aromatic nitrogens is 1. The summed E-state index contributed by atoms with van der Waals surface area (Å²) in [5.74, 6) is -0.435. The molecule has 0 radical (unpaired) electrons. The van der Waals surface area contributed by atoms with E-state index in [1.165, 1.54) is 18.0 Å². The minimum atomic E-state index is -0.435. The lowest BCUT2D eigenvalue weighted by atomic mass is 10.2. The molecule has 21 heavy (non-hydrogen) atoms. The Morgan fingerprint density at radius 2 is 2.19 bits per heavy atom. The molecule has 0 saturated carbocycles. The summed E-state index contributed by atoms with van der Waals surface area (Å²) in [6, 6.07) is 10.3. The van der Waals surface area contributed by atoms with Crippen LogP contribution in [0.1, 0.15) is 5.56 Å². The molecular formula is C15H10FN3S2. The van der Waals surface area contributed by atoms with Gasteiger partial charge in [-0.15, -0.1) is 0 Å². The van der Waals surface area contributed by atoms with E-state index in [4.69, 9.17) is 5.26 Å². The lowest BCUT2D eigenvalue weighted by molar-refractivity contribution is 0.632. The molecule has 0 fully saturated rings. The summed E-state index contributed by atoms with van der Waals surface area (Å²) in [4.78, 5) is 4.14. The summed E-state index contributed by atoms with van der Waals surface area (Å²) in [5, 5.41) is 12.8. The molecule has 0 amide bonds. The first-order chi connectivity index (χ1) is 10.3. The highest BCUT2D eigenvalue weighted by atomic mass is 32.2. The molecule has 6 heteroatoms. The van der Waals surface area contributed by atoms with Crippen LogP contribution in [0.25, 0.3) is 11.3 Å². The van der Waals surface area contributed by atoms with E-state index in [2.05, 4.69) is 15.1 Å². The molecule has 0 unspecified atom stereocenters. The van der Waals surface area contributed by atoms with Gasteiger partial charge in [-0.25, -0.2) is 4.39 Å². The van der Waals surface area contributed by atoms with Crippen molar-refractivity contribution in [2.45, 2.75) is 4.90 Å². The predicted molar refractivity (Wildman–Crippen MR) is 84.7 cm³/mol. The van der Waals surface area contributed by atoms with Crippen LogP contribution in [-0.4, -0.2) is 4.98 Å². The summed E-state index contributed by atoms with van der Waals surface area (Å²) < 4.78 is 16.7. The number of nitriles is 1. The van der Waals surface area contributed by atoms with Gasteiger partial charge in [0.05, 0.1) is 17.3 Å². The average molecular weight is 315 g/mol. The number of hydrogen-bond donors (Lipinski definition) is 2. The maximum atomic E-state index is 13.7. The van der Waals surface area contributed by atoms with Crippen LogP contribution >= 0.6 is 23.3 Å². The molecule has 0 saturated heterocycles. The quantitative estimate of drug-likeness (QED) is 0.675. The third kappa shape index (κ3) is 3.10. The molecule has 0 spiro atoms. The van der Waals surface area contributed by atoms with Crippen LogP contribution in [0.5, 0.6) is 0 Å². The fourth-order valence-corrected chi connectivity index (χ4v) is 3.14. The number of halogens is 1. The molecule has 0 aliphatic carbocycles. The van der Waals surface area contributed by atoms with Crippen LogP contribution in [-0.2, 0) is 0 Å². The summed E-state index contributed by atoms with van der Waals surface area (Å²) in [6.07, 6.45) is 1.87. The number of H-pyrrole nitrogens is 1. The molecular weight excluding hydrogens is 305 g/mol. The summed E-state index contributed by atoms with van der Waals surface area (Å²) in [7, 11) is 0. The standard InChI is InChI=1S/C15H10FN3S2/c16-13-5-10(7-17)1-2-14(13)19-21-12-6-15(18-8-12)11-3-4-20-9-11/h1-6,8-9,18-19H. The molecule has 0 atom stereocenters. The second kappa shape index (κ2) is 6.04. The number of benzene rings is 1. The Kier molecular flexibility index (Phi) is 3.95. The van der Waals surface area contributed by atoms with Gasteiger partial charge in [0.1, 0.15) is 5.82 Å². The molecule has 0 bridgehead atoms. The maximum absolute atomic E-state index is 13.7. The number of nitrogens with zero attached hydrogens (tertiary/aromatic N) is 1. The van der Waals surface area contributed by atoms with Crippen molar-refractivity contribution in [3.05, 3.63) is 58.7 Å². The van der Waals surface area contributed by atoms with Crippen molar-refractivity contribution < 1.29 is 4.39 Å². The minimum Gasteiger partial charge on any atom is -0.360 e. The second-order valence-corrected chi connectivity index (χ2v) is 5.93. The zero-order valence-electron chi connectivity index (χ0n) is 10.8. The Labute approximate surface area is 129 Å². The van der Waals surface area contributed by atoms with Gasteiger partial charge in [0.15, 0.2) is 0 Å². The van der Waals surface area contributed by atoms with Gasteiger partial charge in [-0.2, -0.15) is 16.6 Å². The van der Waals surface area contributed by atoms with Crippen LogP contribution in [0.2, 0.25) is 0 Å². The zero-order valence-corrected chi connectivity index (χ0v) is 12.4. The SMILES string of the molecule is N#Cc1ccc(NSc2c[nH]c(-c3ccsc3)c2)c(F)c1. The maximum Gasteiger partial charge on any atom is 0.148 e. The van der Waals surface area contributed by atoms with Crippen molar-refractivity contribution in [3.8, 4) is 17.3 Å². The first-order valence-electron chi connectivity index (χ1n) is 6.10. The normalized spacial score (nSPS) is 10.3. The predicted octanol–water partition coefficient (Wildman–Crippen LogP) is 4.87. The van der Waals surface area contributed by atoms with E-state index in [0.717, 1.165) is 16.2 Å². The number of hydrogen-bond acceptors (Lipinski definition) is 4. The monoisotopic (exact) mass is 315 g/mol. The van der Waals surface area contributed by atoms with Gasteiger partial charge in [0.2, 0.25) is 0 Å². The first-order valence-corrected chi connectivity index (χ1v) is 7.85. The third-order valence-electron chi connectivity index (χ3n) is 2.87. The van der Waals surface area contributed by atoms with E-state index in [-0.39, 0.29) is 0 Å². The van der Waals surface area contributed by atoms with Gasteiger partial charge >= 0.3 is 0 Å². The van der Waals surface area contributed by atoms with Gasteiger partial charge in [-0.1, -0.05) is 0 Å². The molecule has 0 aliphatic heterocycles. The molecule has 104 valence electrons. The number of aromatic amines is 1. The summed E-state index contributed by atoms with van der Waals surface area (Å²) in [6.45, 7) is 0. The highest BCUT2D eigenvalue weighted by Crippen LogP contribution is 2.28. The van der Waals surface area contributed by atoms with Crippen LogP contribution < -0.4 is 4.72 Å². The van der Waals surface area contributed by atoms with Gasteiger partial charge in [-0.3, -0.25) is 0 Å². The Morgan fingerprint density at radius 1 is 1.29 bits per heavy atom. The smallest absolute Gasteiger partial charge is 0.148 e. The fraction of sp³-hybridized carbons (Fsp3) is 0. The topological polar surface area (TPSA) is 51.6 Å². The van der Waals surface area contributed by atoms with Crippen LogP contribution in [0.15, 0.2) is 52.2 Å². The van der Waals surface area contributed by atoms with E-state index in [9.17, 15) is 4.39 Å². The molecule has 1 aromatic carbocycles. The van der Waals surface area contributed by atoms with Gasteiger partial charge < -0.3 is 9.71 Å². The van der Waals surface area contributed by atoms with E-state index in [1.807, 2.05) is 29.8 Å². The van der Waals surface area contributed by atoms with Gasteiger partial charge in [0.25, 0.3) is 0 Å². The molecule has 0 aliphatic rings. The number of thiophene rings is 1. The number of anilines is 1. The molecule has 3 nitrogen and oxygen atoms in total. The minimum absolute atomic E-state index is 0.310. The average Bonchev–Trinajstić information content (AvgIpc) is 3.16. The zero-order chi connectivity index (χ0) is 14.7. The Balaban J connectivity index is 1.70. The first kappa shape index (κ1) is 13.7. The van der Waals surface area contributed by atoms with Crippen LogP contribution in [0, 0.1) is 17.1 Å². The van der Waals surface area contributed by atoms with Crippen molar-refractivity contribution >= 4 is 29.0 Å². The lowest BCUT2D eigenvalue weighted by Gasteiger charge is -2.05. The summed E-state index contributed by atoms with van der Waals surface area (Å²) in [5.41, 5.74) is 2.83. The van der Waals surface area contributed by atoms with Crippen LogP contribution in [0.3, 0.4) is 0 Å². The van der Waals surface area contributed by atoms with E-state index in [0.29, 0.717) is 11.3 Å². The third-order valence-corrected chi connectivity index (χ3v) is 4.34. The number of nitrogens with one attached hydrogen (secondary N) is 2. The Morgan fingerprint density at radius 3 is 2.90 bits per heavy atom. The second-order valence-electron chi connectivity index (χ2n) is 4.27. The Bertz CT molecular complexity index is 788. The highest BCUT2D eigenvalue weighted by molar-refractivity contribution is 8.00. The van der Waals surface area contributed by atoms with Crippen molar-refractivity contribution in [2.75, 3.05) is 4.72 Å². The molecule has 2 aromatic heterocycles. The Hall–Kier alpha value is -2.23. The van der Waals surface area contributed by atoms with Crippen molar-refractivity contribution in [3.63, 3.8) is 0 Å². The molecule has 2 heterocycles. The molecule has 3 aromatic rings. The van der Waals surface area contributed by atoms with Crippen molar-refractivity contribution in [2.24, 2.45) is 0 Å². The highest BCUT2D eigenvalue weighted by Gasteiger charge is 2.06. The fourth-order valence-electron chi connectivity index (χ4n) is 1.80. The van der Waals surface area contributed by atoms with Gasteiger partial charge in [-0.05, 0) is 47.7 Å². The van der Waals surface area contributed by atoms with E-state index < -0.39 is 5.82 Å². The largest absolute Gasteiger partial charge is 0.360 e. The van der Waals surface area contributed by atoms with Gasteiger partial charge in [0, 0.05) is 27.7 Å². The van der Waals surface area contributed by atoms with Crippen molar-refractivity contribution in [1.82, 2.24) is 4.98 Å². The van der Waals surface area contributed by atoms with Crippen LogP contribution in [0.4, 0.5) is 10.1 Å². The lowest BCUT2D eigenvalue weighted by Crippen LogP contribution is -1.91. The molecule has 3 rings (SSSR count). The number of rotatable bonds is 4. The van der Waals surface area contributed by atoms with Crippen molar-refractivity contribution in [1.29, 1.82) is 5.26 Å². The van der Waals surface area contributed by atoms with E-state index >= 15 is 0 Å².